The van der Waals surface area contributed by atoms with E-state index in [4.69, 9.17) is 9.47 Å². The van der Waals surface area contributed by atoms with Crippen molar-refractivity contribution in [2.24, 2.45) is 28.6 Å². The fourth-order valence-electron chi connectivity index (χ4n) is 8.20. The third-order valence-corrected chi connectivity index (χ3v) is 9.59. The van der Waals surface area contributed by atoms with Crippen LogP contribution >= 0.6 is 0 Å². The summed E-state index contributed by atoms with van der Waals surface area (Å²) in [5.41, 5.74) is -0.471. The SMILES string of the molecule is CC(=O)O[C@H]1CC[C@]2(C)[C@H]3CC[C@]4(C)[C@@H](OC(C)=O)CC[C@H]4[C@@H]3C[C@@H](N[N+](=O)[O-])[C@@]2(F)C1. The minimum atomic E-state index is -1.85. The van der Waals surface area contributed by atoms with Crippen LogP contribution in [0.2, 0.25) is 0 Å². The molecular formula is C23H35FN2O6. The number of carbonyl (C=O) groups excluding carboxylic acids is 2. The molecule has 0 aromatic carbocycles. The molecule has 32 heavy (non-hydrogen) atoms. The summed E-state index contributed by atoms with van der Waals surface area (Å²) in [6, 6.07) is -0.961. The van der Waals surface area contributed by atoms with Gasteiger partial charge < -0.3 is 9.47 Å². The van der Waals surface area contributed by atoms with Gasteiger partial charge in [0, 0.05) is 31.1 Å². The molecule has 1 N–H and O–H groups in total. The highest BCUT2D eigenvalue weighted by Crippen LogP contribution is 2.68. The average molecular weight is 455 g/mol. The van der Waals surface area contributed by atoms with Gasteiger partial charge in [0.2, 0.25) is 0 Å². The molecule has 8 nitrogen and oxygen atoms in total. The highest BCUT2D eigenvalue weighted by atomic mass is 19.1. The van der Waals surface area contributed by atoms with Gasteiger partial charge in [0.25, 0.3) is 0 Å². The molecule has 180 valence electrons. The summed E-state index contributed by atoms with van der Waals surface area (Å²) in [6.07, 6.45) is 4.03. The molecule has 0 unspecified atom stereocenters. The quantitative estimate of drug-likeness (QED) is 0.392. The zero-order chi connectivity index (χ0) is 23.5. The predicted molar refractivity (Wildman–Crippen MR) is 112 cm³/mol. The first-order valence-corrected chi connectivity index (χ1v) is 11.8. The van der Waals surface area contributed by atoms with Crippen LogP contribution in [0.4, 0.5) is 4.39 Å². The van der Waals surface area contributed by atoms with Gasteiger partial charge >= 0.3 is 11.9 Å². The molecule has 0 amide bonds. The van der Waals surface area contributed by atoms with E-state index in [1.165, 1.54) is 13.8 Å². The number of rotatable bonds is 4. The Morgan fingerprint density at radius 2 is 1.72 bits per heavy atom. The van der Waals surface area contributed by atoms with Crippen molar-refractivity contribution in [2.75, 3.05) is 0 Å². The molecule has 0 radical (unpaired) electrons. The Morgan fingerprint density at radius 1 is 1.03 bits per heavy atom. The number of carbonyl (C=O) groups is 2. The molecule has 0 saturated heterocycles. The van der Waals surface area contributed by atoms with E-state index >= 15 is 4.39 Å². The number of ether oxygens (including phenoxy) is 2. The Labute approximate surface area is 188 Å². The van der Waals surface area contributed by atoms with E-state index < -0.39 is 34.2 Å². The minimum absolute atomic E-state index is 0.0180. The van der Waals surface area contributed by atoms with E-state index in [-0.39, 0.29) is 41.7 Å². The smallest absolute Gasteiger partial charge is 0.302 e. The van der Waals surface area contributed by atoms with Gasteiger partial charge in [-0.1, -0.05) is 13.8 Å². The number of fused-ring (bicyclic) bond motifs is 5. The molecule has 4 fully saturated rings. The fourth-order valence-corrected chi connectivity index (χ4v) is 8.20. The van der Waals surface area contributed by atoms with Crippen molar-refractivity contribution >= 4 is 11.9 Å². The minimum Gasteiger partial charge on any atom is -0.462 e. The Morgan fingerprint density at radius 3 is 2.34 bits per heavy atom. The van der Waals surface area contributed by atoms with E-state index in [1.54, 1.807) is 0 Å². The highest BCUT2D eigenvalue weighted by Gasteiger charge is 2.70. The zero-order valence-corrected chi connectivity index (χ0v) is 19.4. The lowest BCUT2D eigenvalue weighted by Crippen LogP contribution is -2.70. The van der Waals surface area contributed by atoms with Crippen LogP contribution in [0, 0.1) is 38.7 Å². The normalized spacial score (nSPS) is 47.4. The van der Waals surface area contributed by atoms with E-state index in [0.717, 1.165) is 25.7 Å². The van der Waals surface area contributed by atoms with Crippen LogP contribution in [-0.2, 0) is 19.1 Å². The van der Waals surface area contributed by atoms with Crippen molar-refractivity contribution in [1.82, 2.24) is 5.43 Å². The van der Waals surface area contributed by atoms with Gasteiger partial charge in [-0.05, 0) is 62.7 Å². The van der Waals surface area contributed by atoms with Crippen molar-refractivity contribution in [2.45, 2.75) is 103 Å². The summed E-state index contributed by atoms with van der Waals surface area (Å²) in [6.45, 7) is 6.86. The average Bonchev–Trinajstić information content (AvgIpc) is 2.99. The van der Waals surface area contributed by atoms with Crippen LogP contribution in [0.25, 0.3) is 0 Å². The monoisotopic (exact) mass is 454 g/mol. The molecule has 0 aromatic rings. The lowest BCUT2D eigenvalue weighted by atomic mass is 9.43. The topological polar surface area (TPSA) is 108 Å². The second-order valence-electron chi connectivity index (χ2n) is 11.0. The summed E-state index contributed by atoms with van der Waals surface area (Å²) < 4.78 is 28.0. The van der Waals surface area contributed by atoms with Crippen molar-refractivity contribution in [3.05, 3.63) is 10.1 Å². The van der Waals surface area contributed by atoms with Crippen molar-refractivity contribution in [1.29, 1.82) is 0 Å². The lowest BCUT2D eigenvalue weighted by Gasteiger charge is -2.64. The Balaban J connectivity index is 1.67. The van der Waals surface area contributed by atoms with Gasteiger partial charge in [-0.3, -0.25) is 9.59 Å². The number of halogens is 1. The molecule has 4 aliphatic rings. The number of nitrogens with zero attached hydrogens (tertiary/aromatic N) is 1. The first kappa shape index (κ1) is 23.2. The fraction of sp³-hybridized carbons (Fsp3) is 0.913. The van der Waals surface area contributed by atoms with Crippen LogP contribution in [0.5, 0.6) is 0 Å². The molecule has 0 spiro atoms. The first-order valence-electron chi connectivity index (χ1n) is 11.8. The van der Waals surface area contributed by atoms with Crippen LogP contribution in [0.15, 0.2) is 0 Å². The van der Waals surface area contributed by atoms with Gasteiger partial charge in [0.15, 0.2) is 5.03 Å². The largest absolute Gasteiger partial charge is 0.462 e. The summed E-state index contributed by atoms with van der Waals surface area (Å²) in [4.78, 5) is 34.6. The maximum atomic E-state index is 17.0. The molecule has 9 heteroatoms. The molecule has 4 rings (SSSR count). The maximum Gasteiger partial charge on any atom is 0.302 e. The van der Waals surface area contributed by atoms with E-state index in [2.05, 4.69) is 12.3 Å². The standard InChI is InChI=1S/C23H35FN2O6/c1-13(27)31-15-7-10-22(4)18-8-9-21(3)17(5-6-20(21)32-14(2)28)16(18)11-19(25-26(29)30)23(22,24)12-15/h15-20,25H,5-12H2,1-4H3/t15-,16-,17-,18-,19+,20-,21-,22+,23-/m0/s1. The third-order valence-electron chi connectivity index (χ3n) is 9.59. The van der Waals surface area contributed by atoms with Gasteiger partial charge in [-0.2, -0.15) is 0 Å². The summed E-state index contributed by atoms with van der Waals surface area (Å²) in [7, 11) is 0. The second kappa shape index (κ2) is 7.83. The first-order chi connectivity index (χ1) is 14.9. The molecule has 4 aliphatic carbocycles. The number of hydrogen-bond donors (Lipinski definition) is 1. The van der Waals surface area contributed by atoms with E-state index in [0.29, 0.717) is 19.3 Å². The maximum absolute atomic E-state index is 17.0. The molecule has 0 heterocycles. The molecule has 4 saturated carbocycles. The lowest BCUT2D eigenvalue weighted by molar-refractivity contribution is -0.558. The molecule has 0 aromatic heterocycles. The zero-order valence-electron chi connectivity index (χ0n) is 19.4. The van der Waals surface area contributed by atoms with Crippen LogP contribution in [-0.4, -0.2) is 40.9 Å². The summed E-state index contributed by atoms with van der Waals surface area (Å²) >= 11 is 0. The predicted octanol–water partition coefficient (Wildman–Crippen LogP) is 3.74. The van der Waals surface area contributed by atoms with Crippen LogP contribution < -0.4 is 5.43 Å². The number of hydrogen-bond acceptors (Lipinski definition) is 6. The van der Waals surface area contributed by atoms with Gasteiger partial charge in [0.05, 0.1) is 0 Å². The number of esters is 2. The van der Waals surface area contributed by atoms with E-state index in [9.17, 15) is 19.7 Å². The van der Waals surface area contributed by atoms with Crippen molar-refractivity contribution < 1.29 is 28.5 Å². The van der Waals surface area contributed by atoms with Crippen LogP contribution in [0.1, 0.15) is 79.1 Å². The Bertz CT molecular complexity index is 809. The summed E-state index contributed by atoms with van der Waals surface area (Å²) in [5.74, 6) is -0.301. The molecule has 0 aliphatic heterocycles. The Kier molecular flexibility index (Phi) is 5.69. The van der Waals surface area contributed by atoms with Crippen molar-refractivity contribution in [3.8, 4) is 0 Å². The number of hydrazine groups is 1. The molecular weight excluding hydrogens is 419 g/mol. The number of alkyl halides is 1. The molecule has 0 bridgehead atoms. The highest BCUT2D eigenvalue weighted by molar-refractivity contribution is 5.66. The van der Waals surface area contributed by atoms with Crippen molar-refractivity contribution in [3.63, 3.8) is 0 Å². The third kappa shape index (κ3) is 3.46. The number of nitro groups is 1. The van der Waals surface area contributed by atoms with E-state index in [1.807, 2.05) is 6.92 Å². The molecule has 9 atom stereocenters. The van der Waals surface area contributed by atoms with Gasteiger partial charge in [-0.15, -0.1) is 5.43 Å². The van der Waals surface area contributed by atoms with Crippen LogP contribution in [0.3, 0.4) is 0 Å². The Hall–Kier alpha value is -1.93. The van der Waals surface area contributed by atoms with Gasteiger partial charge in [0.1, 0.15) is 23.9 Å². The summed E-state index contributed by atoms with van der Waals surface area (Å²) in [5, 5.41) is 10.8. The number of nitrogens with one attached hydrogen (secondary N) is 1. The van der Waals surface area contributed by atoms with Gasteiger partial charge in [-0.25, -0.2) is 14.5 Å². The second-order valence-corrected chi connectivity index (χ2v) is 11.0.